The largest absolute Gasteiger partial charge is 0.465 e. The molecular formula is C23H23NO2. The average molecular weight is 345 g/mol. The fourth-order valence-electron chi connectivity index (χ4n) is 3.43. The van der Waals surface area contributed by atoms with Gasteiger partial charge in [0.25, 0.3) is 0 Å². The third-order valence-electron chi connectivity index (χ3n) is 4.68. The summed E-state index contributed by atoms with van der Waals surface area (Å²) in [4.78, 5) is 0. The molecule has 2 aromatic rings. The van der Waals surface area contributed by atoms with Crippen molar-refractivity contribution in [2.24, 2.45) is 0 Å². The number of nitrogens with one attached hydrogen (secondary N) is 1. The molecule has 0 spiro atoms. The molecule has 1 N–H and O–H groups in total. The van der Waals surface area contributed by atoms with Crippen LogP contribution in [0, 0.1) is 0 Å². The Bertz CT molecular complexity index is 867. The number of rotatable bonds is 3. The highest BCUT2D eigenvalue weighted by Crippen LogP contribution is 2.34. The van der Waals surface area contributed by atoms with E-state index in [2.05, 4.69) is 66.1 Å². The van der Waals surface area contributed by atoms with Crippen LogP contribution in [0.5, 0.6) is 0 Å². The lowest BCUT2D eigenvalue weighted by Gasteiger charge is -2.30. The summed E-state index contributed by atoms with van der Waals surface area (Å²) in [7, 11) is 0. The van der Waals surface area contributed by atoms with Gasteiger partial charge in [-0.25, -0.2) is 0 Å². The van der Waals surface area contributed by atoms with Crippen LogP contribution in [0.3, 0.4) is 0 Å². The van der Waals surface area contributed by atoms with Crippen LogP contribution in [-0.4, -0.2) is 6.10 Å². The summed E-state index contributed by atoms with van der Waals surface area (Å²) in [5.41, 5.74) is 4.61. The number of allylic oxidation sites excluding steroid dienone is 3. The zero-order chi connectivity index (χ0) is 17.9. The Morgan fingerprint density at radius 2 is 1.65 bits per heavy atom. The zero-order valence-corrected chi connectivity index (χ0v) is 15.1. The summed E-state index contributed by atoms with van der Waals surface area (Å²) in [6.45, 7) is 4.01. The minimum absolute atomic E-state index is 0.0428. The molecule has 0 fully saturated rings. The maximum Gasteiger partial charge on any atom is 0.227 e. The van der Waals surface area contributed by atoms with Crippen molar-refractivity contribution < 1.29 is 9.47 Å². The molecule has 2 heterocycles. The molecule has 3 nitrogen and oxygen atoms in total. The number of dihydropyridines is 1. The molecular weight excluding hydrogens is 322 g/mol. The topological polar surface area (TPSA) is 30.5 Å². The highest BCUT2D eigenvalue weighted by atomic mass is 16.7. The van der Waals surface area contributed by atoms with E-state index in [1.165, 1.54) is 16.7 Å². The van der Waals surface area contributed by atoms with Gasteiger partial charge in [0.15, 0.2) is 0 Å². The minimum Gasteiger partial charge on any atom is -0.465 e. The molecule has 0 saturated carbocycles. The molecule has 0 radical (unpaired) electrons. The van der Waals surface area contributed by atoms with Crippen molar-refractivity contribution in [3.63, 3.8) is 0 Å². The molecule has 132 valence electrons. The monoisotopic (exact) mass is 345 g/mol. The normalized spacial score (nSPS) is 24.9. The first-order valence-electron chi connectivity index (χ1n) is 9.00. The van der Waals surface area contributed by atoms with Crippen LogP contribution in [0.4, 0.5) is 0 Å². The van der Waals surface area contributed by atoms with Crippen molar-refractivity contribution in [2.45, 2.75) is 32.3 Å². The SMILES string of the molecule is CC1=CC(C)OC(c2ccccc2C2C=CC(c3ccccc3)=CN2)O1. The van der Waals surface area contributed by atoms with Gasteiger partial charge >= 0.3 is 0 Å². The van der Waals surface area contributed by atoms with Crippen LogP contribution in [0.1, 0.15) is 42.9 Å². The standard InChI is InChI=1S/C23H23NO2/c1-16-14-17(2)26-23(25-16)21-11-7-6-10-20(21)22-13-12-19(15-24-22)18-8-4-3-5-9-18/h3-16,22-24H,1-2H3. The predicted molar refractivity (Wildman–Crippen MR) is 104 cm³/mol. The molecule has 2 aliphatic rings. The maximum atomic E-state index is 6.00. The quantitative estimate of drug-likeness (QED) is 0.822. The third kappa shape index (κ3) is 3.44. The van der Waals surface area contributed by atoms with E-state index in [4.69, 9.17) is 9.47 Å². The Morgan fingerprint density at radius 3 is 2.35 bits per heavy atom. The van der Waals surface area contributed by atoms with Gasteiger partial charge in [-0.1, -0.05) is 66.7 Å². The summed E-state index contributed by atoms with van der Waals surface area (Å²) in [5.74, 6) is 0.905. The summed E-state index contributed by atoms with van der Waals surface area (Å²) < 4.78 is 11.9. The Kier molecular flexibility index (Phi) is 4.63. The first-order chi connectivity index (χ1) is 12.7. The smallest absolute Gasteiger partial charge is 0.227 e. The first kappa shape index (κ1) is 16.7. The minimum atomic E-state index is -0.374. The number of benzene rings is 2. The van der Waals surface area contributed by atoms with Crippen LogP contribution in [0.2, 0.25) is 0 Å². The van der Waals surface area contributed by atoms with Crippen LogP contribution < -0.4 is 5.32 Å². The lowest BCUT2D eigenvalue weighted by Crippen LogP contribution is -2.24. The molecule has 0 aliphatic carbocycles. The third-order valence-corrected chi connectivity index (χ3v) is 4.68. The molecule has 26 heavy (non-hydrogen) atoms. The van der Waals surface area contributed by atoms with E-state index < -0.39 is 0 Å². The number of hydrogen-bond donors (Lipinski definition) is 1. The van der Waals surface area contributed by atoms with Crippen molar-refractivity contribution in [1.82, 2.24) is 5.32 Å². The second kappa shape index (κ2) is 7.22. The van der Waals surface area contributed by atoms with Crippen LogP contribution in [0.25, 0.3) is 5.57 Å². The molecule has 3 heteroatoms. The van der Waals surface area contributed by atoms with E-state index >= 15 is 0 Å². The number of ether oxygens (including phenoxy) is 2. The van der Waals surface area contributed by atoms with Gasteiger partial charge in [0.2, 0.25) is 6.29 Å². The second-order valence-corrected chi connectivity index (χ2v) is 6.67. The average Bonchev–Trinajstić information content (AvgIpc) is 2.68. The predicted octanol–water partition coefficient (Wildman–Crippen LogP) is 5.27. The van der Waals surface area contributed by atoms with Crippen molar-refractivity contribution in [3.05, 3.63) is 101 Å². The Morgan fingerprint density at radius 1 is 0.923 bits per heavy atom. The molecule has 2 aliphatic heterocycles. The Labute approximate surface area is 154 Å². The Hall–Kier alpha value is -2.78. The van der Waals surface area contributed by atoms with Crippen LogP contribution >= 0.6 is 0 Å². The molecule has 0 aromatic heterocycles. The van der Waals surface area contributed by atoms with Crippen molar-refractivity contribution in [1.29, 1.82) is 0 Å². The van der Waals surface area contributed by atoms with Gasteiger partial charge in [-0.3, -0.25) is 0 Å². The second-order valence-electron chi connectivity index (χ2n) is 6.67. The van der Waals surface area contributed by atoms with E-state index in [0.717, 1.165) is 11.3 Å². The molecule has 3 atom stereocenters. The highest BCUT2D eigenvalue weighted by molar-refractivity contribution is 5.74. The summed E-state index contributed by atoms with van der Waals surface area (Å²) in [6.07, 6.45) is 8.10. The highest BCUT2D eigenvalue weighted by Gasteiger charge is 2.26. The van der Waals surface area contributed by atoms with Gasteiger partial charge in [-0.05, 0) is 36.6 Å². The fraction of sp³-hybridized carbons (Fsp3) is 0.217. The first-order valence-corrected chi connectivity index (χ1v) is 9.00. The molecule has 2 aromatic carbocycles. The van der Waals surface area contributed by atoms with Gasteiger partial charge in [-0.15, -0.1) is 0 Å². The lowest BCUT2D eigenvalue weighted by atomic mass is 9.95. The van der Waals surface area contributed by atoms with Gasteiger partial charge in [0.1, 0.15) is 0 Å². The summed E-state index contributed by atoms with van der Waals surface area (Å²) in [5, 5.41) is 3.51. The van der Waals surface area contributed by atoms with Crippen molar-refractivity contribution >= 4 is 5.57 Å². The Balaban J connectivity index is 1.58. The van der Waals surface area contributed by atoms with E-state index in [1.807, 2.05) is 32.1 Å². The van der Waals surface area contributed by atoms with Crippen molar-refractivity contribution in [3.8, 4) is 0 Å². The molecule has 0 saturated heterocycles. The summed E-state index contributed by atoms with van der Waals surface area (Å²) in [6, 6.07) is 18.8. The zero-order valence-electron chi connectivity index (χ0n) is 15.1. The fourth-order valence-corrected chi connectivity index (χ4v) is 3.43. The van der Waals surface area contributed by atoms with E-state index in [0.29, 0.717) is 0 Å². The van der Waals surface area contributed by atoms with Gasteiger partial charge in [0, 0.05) is 11.8 Å². The van der Waals surface area contributed by atoms with E-state index in [-0.39, 0.29) is 18.4 Å². The van der Waals surface area contributed by atoms with E-state index in [9.17, 15) is 0 Å². The molecule has 3 unspecified atom stereocenters. The number of hydrogen-bond acceptors (Lipinski definition) is 3. The van der Waals surface area contributed by atoms with Crippen molar-refractivity contribution in [2.75, 3.05) is 0 Å². The van der Waals surface area contributed by atoms with Gasteiger partial charge in [0.05, 0.1) is 17.9 Å². The molecule has 0 amide bonds. The van der Waals surface area contributed by atoms with Gasteiger partial charge in [-0.2, -0.15) is 0 Å². The van der Waals surface area contributed by atoms with Crippen LogP contribution in [0.15, 0.2) is 84.8 Å². The molecule has 4 rings (SSSR count). The summed E-state index contributed by atoms with van der Waals surface area (Å²) >= 11 is 0. The lowest BCUT2D eigenvalue weighted by molar-refractivity contribution is -0.154. The van der Waals surface area contributed by atoms with E-state index in [1.54, 1.807) is 0 Å². The van der Waals surface area contributed by atoms with Crippen LogP contribution in [-0.2, 0) is 9.47 Å². The van der Waals surface area contributed by atoms with Gasteiger partial charge < -0.3 is 14.8 Å². The molecule has 0 bridgehead atoms. The maximum absolute atomic E-state index is 6.00.